The first kappa shape index (κ1) is 13.2. The van der Waals surface area contributed by atoms with Gasteiger partial charge in [-0.25, -0.2) is 0 Å². The maximum Gasteiger partial charge on any atom is 0.251 e. The van der Waals surface area contributed by atoms with E-state index in [4.69, 9.17) is 21.7 Å². The monoisotopic (exact) mass is 292 g/mol. The molecule has 0 aliphatic carbocycles. The molecule has 0 bridgehead atoms. The molecule has 106 valence electrons. The van der Waals surface area contributed by atoms with Gasteiger partial charge in [-0.1, -0.05) is 19.9 Å². The summed E-state index contributed by atoms with van der Waals surface area (Å²) in [5.74, 6) is 1.69. The van der Waals surface area contributed by atoms with E-state index in [1.54, 1.807) is 4.90 Å². The van der Waals surface area contributed by atoms with Crippen LogP contribution in [0, 0.1) is 5.92 Å². The van der Waals surface area contributed by atoms with Crippen molar-refractivity contribution in [1.29, 1.82) is 0 Å². The molecule has 1 aromatic carbocycles. The van der Waals surface area contributed by atoms with Crippen molar-refractivity contribution < 1.29 is 14.3 Å². The SMILES string of the molecule is CC(C)C1NC(=S)N(Cc2ccc3c(c2)OCO3)C1=O. The summed E-state index contributed by atoms with van der Waals surface area (Å²) in [6.07, 6.45) is 0. The van der Waals surface area contributed by atoms with Gasteiger partial charge in [-0.3, -0.25) is 9.69 Å². The van der Waals surface area contributed by atoms with Gasteiger partial charge in [0.2, 0.25) is 6.79 Å². The van der Waals surface area contributed by atoms with E-state index in [0.29, 0.717) is 17.4 Å². The zero-order chi connectivity index (χ0) is 14.3. The number of fused-ring (bicyclic) bond motifs is 1. The van der Waals surface area contributed by atoms with Gasteiger partial charge in [0.15, 0.2) is 16.6 Å². The maximum atomic E-state index is 12.3. The second kappa shape index (κ2) is 4.94. The third kappa shape index (κ3) is 2.20. The lowest BCUT2D eigenvalue weighted by Crippen LogP contribution is -2.34. The van der Waals surface area contributed by atoms with Crippen LogP contribution in [0.2, 0.25) is 0 Å². The van der Waals surface area contributed by atoms with Gasteiger partial charge in [0, 0.05) is 0 Å². The quantitative estimate of drug-likeness (QED) is 0.859. The van der Waals surface area contributed by atoms with Gasteiger partial charge in [0.1, 0.15) is 6.04 Å². The van der Waals surface area contributed by atoms with Crippen LogP contribution in [0.3, 0.4) is 0 Å². The van der Waals surface area contributed by atoms with Gasteiger partial charge in [0.25, 0.3) is 5.91 Å². The zero-order valence-corrected chi connectivity index (χ0v) is 12.2. The molecule has 0 aromatic heterocycles. The molecule has 1 fully saturated rings. The number of rotatable bonds is 3. The van der Waals surface area contributed by atoms with Crippen molar-refractivity contribution in [3.8, 4) is 11.5 Å². The van der Waals surface area contributed by atoms with Gasteiger partial charge < -0.3 is 14.8 Å². The molecular formula is C14H16N2O3S. The van der Waals surface area contributed by atoms with Gasteiger partial charge in [0.05, 0.1) is 6.54 Å². The van der Waals surface area contributed by atoms with Gasteiger partial charge in [-0.2, -0.15) is 0 Å². The highest BCUT2D eigenvalue weighted by Gasteiger charge is 2.37. The Labute approximate surface area is 122 Å². The molecule has 1 atom stereocenters. The Morgan fingerprint density at radius 2 is 2.15 bits per heavy atom. The van der Waals surface area contributed by atoms with E-state index < -0.39 is 0 Å². The third-order valence-electron chi connectivity index (χ3n) is 3.50. The van der Waals surface area contributed by atoms with Crippen LogP contribution in [0.1, 0.15) is 19.4 Å². The zero-order valence-electron chi connectivity index (χ0n) is 11.4. The van der Waals surface area contributed by atoms with E-state index >= 15 is 0 Å². The van der Waals surface area contributed by atoms with Gasteiger partial charge >= 0.3 is 0 Å². The number of carbonyl (C=O) groups excluding carboxylic acids is 1. The number of amides is 1. The van der Waals surface area contributed by atoms with Gasteiger partial charge in [-0.15, -0.1) is 0 Å². The summed E-state index contributed by atoms with van der Waals surface area (Å²) in [4.78, 5) is 13.9. The predicted molar refractivity (Wildman–Crippen MR) is 77.5 cm³/mol. The van der Waals surface area contributed by atoms with Crippen LogP contribution >= 0.6 is 12.2 Å². The van der Waals surface area contributed by atoms with Crippen LogP contribution < -0.4 is 14.8 Å². The first-order chi connectivity index (χ1) is 9.56. The Balaban J connectivity index is 1.78. The predicted octanol–water partition coefficient (Wildman–Crippen LogP) is 1.66. The van der Waals surface area contributed by atoms with Crippen LogP contribution in [0.25, 0.3) is 0 Å². The highest BCUT2D eigenvalue weighted by Crippen LogP contribution is 2.33. The highest BCUT2D eigenvalue weighted by atomic mass is 32.1. The van der Waals surface area contributed by atoms with Crippen molar-refractivity contribution in [2.45, 2.75) is 26.4 Å². The maximum absolute atomic E-state index is 12.3. The van der Waals surface area contributed by atoms with Crippen LogP contribution in [0.15, 0.2) is 18.2 Å². The standard InChI is InChI=1S/C14H16N2O3S/c1-8(2)12-13(17)16(14(20)15-12)6-9-3-4-10-11(5-9)19-7-18-10/h3-5,8,12H,6-7H2,1-2H3,(H,15,20). The minimum Gasteiger partial charge on any atom is -0.454 e. The number of thiocarbonyl (C=S) groups is 1. The number of nitrogens with zero attached hydrogens (tertiary/aromatic N) is 1. The number of carbonyl (C=O) groups is 1. The minimum absolute atomic E-state index is 0.0302. The molecule has 5 nitrogen and oxygen atoms in total. The Hall–Kier alpha value is -1.82. The fourth-order valence-electron chi connectivity index (χ4n) is 2.36. The molecule has 1 saturated heterocycles. The second-order valence-corrected chi connectivity index (χ2v) is 5.67. The Morgan fingerprint density at radius 3 is 2.85 bits per heavy atom. The highest BCUT2D eigenvalue weighted by molar-refractivity contribution is 7.80. The summed E-state index contributed by atoms with van der Waals surface area (Å²) < 4.78 is 10.6. The number of hydrogen-bond acceptors (Lipinski definition) is 4. The first-order valence-corrected chi connectivity index (χ1v) is 6.97. The topological polar surface area (TPSA) is 50.8 Å². The molecule has 3 rings (SSSR count). The van der Waals surface area contributed by atoms with Crippen LogP contribution in [-0.4, -0.2) is 28.8 Å². The molecule has 0 radical (unpaired) electrons. The summed E-state index contributed by atoms with van der Waals surface area (Å²) in [7, 11) is 0. The fraction of sp³-hybridized carbons (Fsp3) is 0.429. The van der Waals surface area contributed by atoms with Crippen LogP contribution in [0.4, 0.5) is 0 Å². The summed E-state index contributed by atoms with van der Waals surface area (Å²) in [5, 5.41) is 3.57. The molecule has 6 heteroatoms. The van der Waals surface area contributed by atoms with E-state index in [1.165, 1.54) is 0 Å². The van der Waals surface area contributed by atoms with E-state index in [-0.39, 0.29) is 24.7 Å². The Kier molecular flexibility index (Phi) is 3.25. The minimum atomic E-state index is -0.225. The first-order valence-electron chi connectivity index (χ1n) is 6.56. The Bertz CT molecular complexity index is 574. The van der Waals surface area contributed by atoms with E-state index in [2.05, 4.69) is 5.32 Å². The number of ether oxygens (including phenoxy) is 2. The van der Waals surface area contributed by atoms with E-state index in [9.17, 15) is 4.79 Å². The Morgan fingerprint density at radius 1 is 1.40 bits per heavy atom. The van der Waals surface area contributed by atoms with E-state index in [1.807, 2.05) is 32.0 Å². The molecule has 1 unspecified atom stereocenters. The lowest BCUT2D eigenvalue weighted by Gasteiger charge is -2.16. The largest absolute Gasteiger partial charge is 0.454 e. The molecule has 20 heavy (non-hydrogen) atoms. The molecule has 1 N–H and O–H groups in total. The molecule has 1 amide bonds. The molecular weight excluding hydrogens is 276 g/mol. The smallest absolute Gasteiger partial charge is 0.251 e. The summed E-state index contributed by atoms with van der Waals surface area (Å²) in [6, 6.07) is 5.44. The lowest BCUT2D eigenvalue weighted by molar-refractivity contribution is -0.128. The van der Waals surface area contributed by atoms with Crippen molar-refractivity contribution in [3.05, 3.63) is 23.8 Å². The molecule has 1 aromatic rings. The average Bonchev–Trinajstić information content (AvgIpc) is 2.97. The van der Waals surface area contributed by atoms with Crippen molar-refractivity contribution in [2.24, 2.45) is 5.92 Å². The summed E-state index contributed by atoms with van der Waals surface area (Å²) in [5.41, 5.74) is 0.969. The lowest BCUT2D eigenvalue weighted by atomic mass is 10.0. The number of benzene rings is 1. The molecule has 2 aliphatic heterocycles. The number of nitrogens with one attached hydrogen (secondary N) is 1. The number of hydrogen-bond donors (Lipinski definition) is 1. The van der Waals surface area contributed by atoms with Crippen molar-refractivity contribution in [3.63, 3.8) is 0 Å². The fourth-order valence-corrected chi connectivity index (χ4v) is 2.65. The molecule has 0 saturated carbocycles. The van der Waals surface area contributed by atoms with Crippen LogP contribution in [-0.2, 0) is 11.3 Å². The van der Waals surface area contributed by atoms with Crippen molar-refractivity contribution in [1.82, 2.24) is 10.2 Å². The normalized spacial score (nSPS) is 20.8. The second-order valence-electron chi connectivity index (χ2n) is 5.28. The van der Waals surface area contributed by atoms with Crippen LogP contribution in [0.5, 0.6) is 11.5 Å². The average molecular weight is 292 g/mol. The van der Waals surface area contributed by atoms with E-state index in [0.717, 1.165) is 11.3 Å². The molecule has 2 heterocycles. The molecule has 2 aliphatic rings. The molecule has 0 spiro atoms. The third-order valence-corrected chi connectivity index (χ3v) is 3.84. The van der Waals surface area contributed by atoms with Crippen molar-refractivity contribution >= 4 is 23.2 Å². The summed E-state index contributed by atoms with van der Waals surface area (Å²) in [6.45, 7) is 4.70. The summed E-state index contributed by atoms with van der Waals surface area (Å²) >= 11 is 5.25. The van der Waals surface area contributed by atoms with Crippen molar-refractivity contribution in [2.75, 3.05) is 6.79 Å². The van der Waals surface area contributed by atoms with Gasteiger partial charge in [-0.05, 0) is 35.8 Å².